The molecule has 3 nitrogen and oxygen atoms in total. The van der Waals surface area contributed by atoms with Crippen LogP contribution in [-0.4, -0.2) is 19.7 Å². The van der Waals surface area contributed by atoms with E-state index >= 15 is 0 Å². The number of rotatable bonds is 5. The van der Waals surface area contributed by atoms with E-state index in [-0.39, 0.29) is 5.97 Å². The highest BCUT2D eigenvalue weighted by Crippen LogP contribution is 2.50. The number of ether oxygens (including phenoxy) is 2. The average Bonchev–Trinajstić information content (AvgIpc) is 3.29. The van der Waals surface area contributed by atoms with E-state index in [1.807, 2.05) is 46.8 Å². The van der Waals surface area contributed by atoms with Gasteiger partial charge >= 0.3 is 5.97 Å². The molecule has 0 saturated heterocycles. The van der Waals surface area contributed by atoms with Gasteiger partial charge in [0.05, 0.1) is 12.5 Å². The smallest absolute Gasteiger partial charge is 0.316 e. The number of esters is 1. The highest BCUT2D eigenvalue weighted by atomic mass is 16.5. The van der Waals surface area contributed by atoms with Crippen molar-refractivity contribution >= 4 is 5.97 Å². The number of carbonyl (C=O) groups is 1. The molecule has 1 fully saturated rings. The molecule has 0 aliphatic heterocycles. The minimum absolute atomic E-state index is 0.132. The Balaban J connectivity index is 0.00000116. The Kier molecular flexibility index (Phi) is 6.21. The third-order valence-corrected chi connectivity index (χ3v) is 3.80. The zero-order valence-electron chi connectivity index (χ0n) is 14.7. The molecule has 0 aromatic heterocycles. The Labute approximate surface area is 134 Å². The highest BCUT2D eigenvalue weighted by Gasteiger charge is 2.52. The quantitative estimate of drug-likeness (QED) is 0.594. The summed E-state index contributed by atoms with van der Waals surface area (Å²) in [7, 11) is 1.45. The summed E-state index contributed by atoms with van der Waals surface area (Å²) in [6.07, 6.45) is 1.73. The molecule has 0 N–H and O–H groups in total. The number of carbonyl (C=O) groups excluding carboxylic acids is 1. The zero-order valence-corrected chi connectivity index (χ0v) is 14.7. The Morgan fingerprint density at radius 3 is 2.09 bits per heavy atom. The van der Waals surface area contributed by atoms with Gasteiger partial charge in [-0.2, -0.15) is 0 Å². The molecule has 0 bridgehead atoms. The number of benzene rings is 1. The maximum absolute atomic E-state index is 12.0. The van der Waals surface area contributed by atoms with E-state index < -0.39 is 5.41 Å². The Hall–Kier alpha value is -1.77. The molecule has 1 aromatic rings. The van der Waals surface area contributed by atoms with Gasteiger partial charge in [-0.1, -0.05) is 32.6 Å². The molecule has 22 heavy (non-hydrogen) atoms. The van der Waals surface area contributed by atoms with Gasteiger partial charge < -0.3 is 9.47 Å². The molecule has 1 aliphatic rings. The Bertz CT molecular complexity index is 531. The van der Waals surface area contributed by atoms with Crippen molar-refractivity contribution < 1.29 is 14.3 Å². The van der Waals surface area contributed by atoms with Gasteiger partial charge in [0.25, 0.3) is 0 Å². The van der Waals surface area contributed by atoms with Crippen LogP contribution in [0.2, 0.25) is 0 Å². The van der Waals surface area contributed by atoms with E-state index in [9.17, 15) is 4.79 Å². The van der Waals surface area contributed by atoms with Crippen molar-refractivity contribution in [3.8, 4) is 5.75 Å². The molecule has 1 aromatic carbocycles. The van der Waals surface area contributed by atoms with Crippen molar-refractivity contribution in [3.63, 3.8) is 0 Å². The van der Waals surface area contributed by atoms with Crippen LogP contribution >= 0.6 is 0 Å². The molecule has 2 rings (SSSR count). The molecule has 1 aliphatic carbocycles. The van der Waals surface area contributed by atoms with Crippen molar-refractivity contribution in [1.82, 2.24) is 0 Å². The second kappa shape index (κ2) is 7.48. The van der Waals surface area contributed by atoms with Crippen LogP contribution in [0, 0.1) is 13.8 Å². The minimum atomic E-state index is -0.419. The average molecular weight is 304 g/mol. The molecule has 0 unspecified atom stereocenters. The fraction of sp³-hybridized carbons (Fsp3) is 0.526. The standard InChI is InChI=1S/C17H22O3.C2H6/c1-11(2)10-20-15-12(3)8-14(9-13(15)4)17(6-7-17)16(18)19-5;1-2/h8-9H,1,6-7,10H2,2-5H3;1-2H3. The fourth-order valence-electron chi connectivity index (χ4n) is 2.58. The summed E-state index contributed by atoms with van der Waals surface area (Å²) in [5.74, 6) is 0.754. The van der Waals surface area contributed by atoms with Crippen molar-refractivity contribution in [3.05, 3.63) is 41.0 Å². The molecule has 0 spiro atoms. The fourth-order valence-corrected chi connectivity index (χ4v) is 2.58. The first kappa shape index (κ1) is 18.3. The van der Waals surface area contributed by atoms with Crippen molar-refractivity contribution in [2.24, 2.45) is 0 Å². The summed E-state index contributed by atoms with van der Waals surface area (Å²) in [6.45, 7) is 14.3. The molecular weight excluding hydrogens is 276 g/mol. The van der Waals surface area contributed by atoms with Crippen LogP contribution in [0.5, 0.6) is 5.75 Å². The van der Waals surface area contributed by atoms with Gasteiger partial charge in [0.1, 0.15) is 12.4 Å². The monoisotopic (exact) mass is 304 g/mol. The highest BCUT2D eigenvalue weighted by molar-refractivity contribution is 5.86. The van der Waals surface area contributed by atoms with Crippen LogP contribution < -0.4 is 4.74 Å². The molecule has 122 valence electrons. The molecular formula is C19H28O3. The largest absolute Gasteiger partial charge is 0.489 e. The van der Waals surface area contributed by atoms with Crippen LogP contribution in [0.25, 0.3) is 0 Å². The normalized spacial score (nSPS) is 14.5. The van der Waals surface area contributed by atoms with Crippen LogP contribution in [0.1, 0.15) is 50.3 Å². The first-order valence-corrected chi connectivity index (χ1v) is 7.88. The first-order valence-electron chi connectivity index (χ1n) is 7.88. The summed E-state index contributed by atoms with van der Waals surface area (Å²) in [6, 6.07) is 4.09. The Morgan fingerprint density at radius 1 is 1.23 bits per heavy atom. The van der Waals surface area contributed by atoms with E-state index in [0.29, 0.717) is 6.61 Å². The summed E-state index contributed by atoms with van der Waals surface area (Å²) in [4.78, 5) is 12.0. The molecule has 0 radical (unpaired) electrons. The van der Waals surface area contributed by atoms with E-state index in [2.05, 4.69) is 6.58 Å². The van der Waals surface area contributed by atoms with Gasteiger partial charge in [-0.3, -0.25) is 4.79 Å². The maximum atomic E-state index is 12.0. The number of hydrogen-bond acceptors (Lipinski definition) is 3. The predicted molar refractivity (Wildman–Crippen MR) is 90.5 cm³/mol. The summed E-state index contributed by atoms with van der Waals surface area (Å²) >= 11 is 0. The van der Waals surface area contributed by atoms with Gasteiger partial charge in [0.2, 0.25) is 0 Å². The van der Waals surface area contributed by atoms with Crippen LogP contribution in [-0.2, 0) is 14.9 Å². The second-order valence-electron chi connectivity index (χ2n) is 5.76. The van der Waals surface area contributed by atoms with Crippen molar-refractivity contribution in [2.75, 3.05) is 13.7 Å². The summed E-state index contributed by atoms with van der Waals surface area (Å²) in [5, 5.41) is 0. The predicted octanol–water partition coefficient (Wildman–Crippen LogP) is 4.49. The number of methoxy groups -OCH3 is 1. The lowest BCUT2D eigenvalue weighted by Crippen LogP contribution is -2.22. The zero-order chi connectivity index (χ0) is 16.9. The molecule has 1 saturated carbocycles. The van der Waals surface area contributed by atoms with Crippen molar-refractivity contribution in [1.29, 1.82) is 0 Å². The van der Waals surface area contributed by atoms with Crippen LogP contribution in [0.4, 0.5) is 0 Å². The van der Waals surface area contributed by atoms with E-state index in [4.69, 9.17) is 9.47 Å². The lowest BCUT2D eigenvalue weighted by molar-refractivity contribution is -0.143. The molecule has 3 heteroatoms. The first-order chi connectivity index (χ1) is 10.4. The molecule has 0 amide bonds. The van der Waals surface area contributed by atoms with E-state index in [0.717, 1.165) is 40.9 Å². The van der Waals surface area contributed by atoms with Crippen LogP contribution in [0.3, 0.4) is 0 Å². The third-order valence-electron chi connectivity index (χ3n) is 3.80. The Morgan fingerprint density at radius 2 is 1.73 bits per heavy atom. The molecule has 0 atom stereocenters. The van der Waals surface area contributed by atoms with Gasteiger partial charge in [0, 0.05) is 0 Å². The SMILES string of the molecule is C=C(C)COc1c(C)cc(C2(C(=O)OC)CC2)cc1C.CC. The number of hydrogen-bond donors (Lipinski definition) is 0. The van der Waals surface area contributed by atoms with E-state index in [1.165, 1.54) is 7.11 Å². The third kappa shape index (κ3) is 3.70. The van der Waals surface area contributed by atoms with Gasteiger partial charge in [-0.15, -0.1) is 0 Å². The van der Waals surface area contributed by atoms with Gasteiger partial charge in [0.15, 0.2) is 0 Å². The summed E-state index contributed by atoms with van der Waals surface area (Å²) < 4.78 is 10.7. The van der Waals surface area contributed by atoms with Gasteiger partial charge in [-0.25, -0.2) is 0 Å². The lowest BCUT2D eigenvalue weighted by atomic mass is 9.92. The van der Waals surface area contributed by atoms with Crippen LogP contribution in [0.15, 0.2) is 24.3 Å². The van der Waals surface area contributed by atoms with E-state index in [1.54, 1.807) is 0 Å². The van der Waals surface area contributed by atoms with Gasteiger partial charge in [-0.05, 0) is 55.9 Å². The summed E-state index contributed by atoms with van der Waals surface area (Å²) in [5.41, 5.74) is 3.72. The minimum Gasteiger partial charge on any atom is -0.489 e. The lowest BCUT2D eigenvalue weighted by Gasteiger charge is -2.18. The second-order valence-corrected chi connectivity index (χ2v) is 5.76. The van der Waals surface area contributed by atoms with Crippen molar-refractivity contribution in [2.45, 2.75) is 52.9 Å². The maximum Gasteiger partial charge on any atom is 0.316 e. The number of aryl methyl sites for hydroxylation is 2. The molecule has 0 heterocycles. The topological polar surface area (TPSA) is 35.5 Å².